The van der Waals surface area contributed by atoms with Gasteiger partial charge in [-0.3, -0.25) is 0 Å². The van der Waals surface area contributed by atoms with E-state index in [2.05, 4.69) is 17.2 Å². The van der Waals surface area contributed by atoms with Crippen molar-refractivity contribution in [3.05, 3.63) is 29.7 Å². The van der Waals surface area contributed by atoms with Crippen molar-refractivity contribution in [2.75, 3.05) is 6.54 Å². The van der Waals surface area contributed by atoms with Gasteiger partial charge in [-0.1, -0.05) is 0 Å². The minimum absolute atomic E-state index is 0. The van der Waals surface area contributed by atoms with Gasteiger partial charge in [0.1, 0.15) is 5.52 Å². The van der Waals surface area contributed by atoms with Crippen LogP contribution in [0.1, 0.15) is 31.6 Å². The molecule has 0 amide bonds. The molecule has 3 nitrogen and oxygen atoms in total. The Labute approximate surface area is 115 Å². The molecule has 0 aliphatic carbocycles. The number of halogens is 3. The highest BCUT2D eigenvalue weighted by Crippen LogP contribution is 2.29. The number of piperidine rings is 1. The molecule has 1 aromatic heterocycles. The van der Waals surface area contributed by atoms with Gasteiger partial charge in [0.15, 0.2) is 17.3 Å². The Morgan fingerprint density at radius 1 is 1.32 bits per heavy atom. The van der Waals surface area contributed by atoms with Crippen LogP contribution in [-0.4, -0.2) is 17.6 Å². The molecule has 0 radical (unpaired) electrons. The van der Waals surface area contributed by atoms with Crippen molar-refractivity contribution in [1.29, 1.82) is 0 Å². The Morgan fingerprint density at radius 3 is 2.79 bits per heavy atom. The first-order valence-corrected chi connectivity index (χ1v) is 6.13. The number of hydrogen-bond acceptors (Lipinski definition) is 3. The van der Waals surface area contributed by atoms with E-state index in [-0.39, 0.29) is 23.9 Å². The maximum absolute atomic E-state index is 13.5. The van der Waals surface area contributed by atoms with Crippen molar-refractivity contribution >= 4 is 23.5 Å². The molecule has 0 bridgehead atoms. The van der Waals surface area contributed by atoms with Gasteiger partial charge in [0, 0.05) is 18.5 Å². The number of rotatable bonds is 1. The molecule has 104 valence electrons. The topological polar surface area (TPSA) is 38.1 Å². The zero-order valence-electron chi connectivity index (χ0n) is 10.5. The fourth-order valence-corrected chi connectivity index (χ4v) is 2.34. The molecule has 1 fully saturated rings. The molecular formula is C13H15ClF2N2O. The van der Waals surface area contributed by atoms with Gasteiger partial charge >= 0.3 is 0 Å². The summed E-state index contributed by atoms with van der Waals surface area (Å²) in [6.45, 7) is 2.88. The van der Waals surface area contributed by atoms with E-state index < -0.39 is 11.6 Å². The van der Waals surface area contributed by atoms with Crippen molar-refractivity contribution in [2.45, 2.75) is 31.7 Å². The molecule has 2 aromatic rings. The number of hydrogen-bond donors (Lipinski definition) is 1. The van der Waals surface area contributed by atoms with Crippen LogP contribution in [0.3, 0.4) is 0 Å². The van der Waals surface area contributed by atoms with Crippen LogP contribution in [0, 0.1) is 11.6 Å². The first-order chi connectivity index (χ1) is 8.65. The Hall–Kier alpha value is -1.20. The van der Waals surface area contributed by atoms with Crippen LogP contribution in [0.2, 0.25) is 0 Å². The molecule has 1 aromatic carbocycles. The summed E-state index contributed by atoms with van der Waals surface area (Å²) in [4.78, 5) is 4.25. The lowest BCUT2D eigenvalue weighted by atomic mass is 9.95. The maximum Gasteiger partial charge on any atom is 0.203 e. The van der Waals surface area contributed by atoms with E-state index >= 15 is 0 Å². The van der Waals surface area contributed by atoms with Crippen LogP contribution in [0.25, 0.3) is 11.1 Å². The van der Waals surface area contributed by atoms with Crippen LogP contribution in [-0.2, 0) is 0 Å². The highest BCUT2D eigenvalue weighted by atomic mass is 35.5. The summed E-state index contributed by atoms with van der Waals surface area (Å²) in [5.41, 5.74) is 0.297. The number of fused-ring (bicyclic) bond motifs is 1. The van der Waals surface area contributed by atoms with Gasteiger partial charge in [0.05, 0.1) is 0 Å². The van der Waals surface area contributed by atoms with Gasteiger partial charge in [-0.05, 0) is 31.9 Å². The van der Waals surface area contributed by atoms with Crippen molar-refractivity contribution < 1.29 is 13.2 Å². The Balaban J connectivity index is 0.00000133. The largest absolute Gasteiger partial charge is 0.437 e. The average Bonchev–Trinajstić information content (AvgIpc) is 2.80. The van der Waals surface area contributed by atoms with Gasteiger partial charge in [0.2, 0.25) is 5.82 Å². The molecule has 1 N–H and O–H groups in total. The standard InChI is InChI=1S/C13H14F2N2O.ClH/c1-7-2-3-8(6-16-7)13-17-10-5-4-9(14)11(15)12(10)18-13;/h4-5,7-8,16H,2-3,6H2,1H3;1H/t7-,8-;/m1./s1. The fraction of sp³-hybridized carbons (Fsp3) is 0.462. The highest BCUT2D eigenvalue weighted by molar-refractivity contribution is 5.85. The van der Waals surface area contributed by atoms with Crippen LogP contribution < -0.4 is 5.32 Å². The number of aromatic nitrogens is 1. The Bertz CT molecular complexity index is 579. The van der Waals surface area contributed by atoms with Crippen LogP contribution in [0.5, 0.6) is 0 Å². The Morgan fingerprint density at radius 2 is 2.11 bits per heavy atom. The lowest BCUT2D eigenvalue weighted by molar-refractivity contribution is 0.339. The Kier molecular flexibility index (Phi) is 4.06. The quantitative estimate of drug-likeness (QED) is 0.874. The highest BCUT2D eigenvalue weighted by Gasteiger charge is 2.24. The summed E-state index contributed by atoms with van der Waals surface area (Å²) in [7, 11) is 0. The van der Waals surface area contributed by atoms with E-state index in [1.165, 1.54) is 6.07 Å². The van der Waals surface area contributed by atoms with Gasteiger partial charge in [0.25, 0.3) is 0 Å². The minimum atomic E-state index is -0.955. The molecule has 0 spiro atoms. The molecule has 6 heteroatoms. The normalized spacial score (nSPS) is 23.3. The third-order valence-electron chi connectivity index (χ3n) is 3.48. The van der Waals surface area contributed by atoms with Crippen molar-refractivity contribution in [2.24, 2.45) is 0 Å². The number of benzene rings is 1. The summed E-state index contributed by atoms with van der Waals surface area (Å²) in [5, 5.41) is 3.33. The van der Waals surface area contributed by atoms with Crippen LogP contribution in [0.15, 0.2) is 16.5 Å². The van der Waals surface area contributed by atoms with Crippen LogP contribution >= 0.6 is 12.4 Å². The van der Waals surface area contributed by atoms with Gasteiger partial charge in [-0.15, -0.1) is 12.4 Å². The molecule has 1 saturated heterocycles. The van der Waals surface area contributed by atoms with E-state index in [1.807, 2.05) is 0 Å². The van der Waals surface area contributed by atoms with E-state index in [9.17, 15) is 8.78 Å². The third kappa shape index (κ3) is 2.58. The van der Waals surface area contributed by atoms with E-state index in [1.54, 1.807) is 0 Å². The van der Waals surface area contributed by atoms with Crippen molar-refractivity contribution in [1.82, 2.24) is 10.3 Å². The molecule has 0 unspecified atom stereocenters. The zero-order chi connectivity index (χ0) is 12.7. The predicted molar refractivity (Wildman–Crippen MR) is 70.6 cm³/mol. The second-order valence-electron chi connectivity index (χ2n) is 4.85. The number of nitrogens with zero attached hydrogens (tertiary/aromatic N) is 1. The van der Waals surface area contributed by atoms with E-state index in [0.717, 1.165) is 25.5 Å². The maximum atomic E-state index is 13.5. The van der Waals surface area contributed by atoms with E-state index in [4.69, 9.17) is 4.42 Å². The van der Waals surface area contributed by atoms with Crippen molar-refractivity contribution in [3.63, 3.8) is 0 Å². The lowest BCUT2D eigenvalue weighted by Crippen LogP contribution is -2.35. The molecule has 2 heterocycles. The summed E-state index contributed by atoms with van der Waals surface area (Å²) in [6.07, 6.45) is 1.98. The first kappa shape index (κ1) is 14.2. The second kappa shape index (κ2) is 5.43. The monoisotopic (exact) mass is 288 g/mol. The molecular weight excluding hydrogens is 274 g/mol. The predicted octanol–water partition coefficient (Wildman–Crippen LogP) is 3.38. The SMILES string of the molecule is C[C@@H]1CC[C@@H](c2nc3ccc(F)c(F)c3o2)CN1.Cl. The molecule has 1 aliphatic rings. The van der Waals surface area contributed by atoms with Gasteiger partial charge < -0.3 is 9.73 Å². The molecule has 2 atom stereocenters. The second-order valence-corrected chi connectivity index (χ2v) is 4.85. The van der Waals surface area contributed by atoms with Crippen molar-refractivity contribution in [3.8, 4) is 0 Å². The lowest BCUT2D eigenvalue weighted by Gasteiger charge is -2.25. The third-order valence-corrected chi connectivity index (χ3v) is 3.48. The van der Waals surface area contributed by atoms with Crippen LogP contribution in [0.4, 0.5) is 8.78 Å². The van der Waals surface area contributed by atoms with Gasteiger partial charge in [-0.2, -0.15) is 4.39 Å². The zero-order valence-corrected chi connectivity index (χ0v) is 11.3. The first-order valence-electron chi connectivity index (χ1n) is 6.13. The molecule has 3 rings (SSSR count). The summed E-state index contributed by atoms with van der Waals surface area (Å²) >= 11 is 0. The molecule has 1 aliphatic heterocycles. The minimum Gasteiger partial charge on any atom is -0.437 e. The smallest absolute Gasteiger partial charge is 0.203 e. The molecule has 0 saturated carbocycles. The summed E-state index contributed by atoms with van der Waals surface area (Å²) in [5.74, 6) is -1.23. The molecule has 19 heavy (non-hydrogen) atoms. The van der Waals surface area contributed by atoms with E-state index in [0.29, 0.717) is 17.4 Å². The fourth-order valence-electron chi connectivity index (χ4n) is 2.34. The number of nitrogens with one attached hydrogen (secondary N) is 1. The summed E-state index contributed by atoms with van der Waals surface area (Å²) < 4.78 is 32.0. The number of oxazole rings is 1. The average molecular weight is 289 g/mol. The summed E-state index contributed by atoms with van der Waals surface area (Å²) in [6, 6.07) is 3.00. The van der Waals surface area contributed by atoms with Gasteiger partial charge in [-0.25, -0.2) is 9.37 Å².